The Balaban J connectivity index is 1.65. The largest absolute Gasteiger partial charge is 0.497 e. The number of aromatic nitrogens is 1. The minimum Gasteiger partial charge on any atom is -0.497 e. The van der Waals surface area contributed by atoms with Crippen molar-refractivity contribution in [1.82, 2.24) is 9.47 Å². The standard InChI is InChI=1S/C31H39N3O3/c1-5-6-7-8-9-16-29(35)33(23(2)3)22-30(36)34-27-14-11-10-13-26(27)32-21-12-15-28(32)31(34)24-17-19-25(37-4)20-18-24/h10-15,17-21,23,31H,5-9,16,22H2,1-4H3. The van der Waals surface area contributed by atoms with Crippen molar-refractivity contribution >= 4 is 17.5 Å². The number of para-hydroxylation sites is 2. The molecule has 37 heavy (non-hydrogen) atoms. The van der Waals surface area contributed by atoms with Crippen molar-refractivity contribution in [2.24, 2.45) is 0 Å². The highest BCUT2D eigenvalue weighted by Crippen LogP contribution is 2.42. The Morgan fingerprint density at radius 2 is 1.62 bits per heavy atom. The molecule has 2 amide bonds. The number of carbonyl (C=O) groups excluding carboxylic acids is 2. The smallest absolute Gasteiger partial charge is 0.247 e. The molecular formula is C31H39N3O3. The lowest BCUT2D eigenvalue weighted by atomic mass is 9.97. The van der Waals surface area contributed by atoms with Gasteiger partial charge in [0.15, 0.2) is 0 Å². The summed E-state index contributed by atoms with van der Waals surface area (Å²) in [4.78, 5) is 30.9. The molecule has 1 aromatic heterocycles. The van der Waals surface area contributed by atoms with Crippen LogP contribution in [0.25, 0.3) is 5.69 Å². The van der Waals surface area contributed by atoms with E-state index in [1.165, 1.54) is 12.8 Å². The van der Waals surface area contributed by atoms with Crippen molar-refractivity contribution in [2.75, 3.05) is 18.6 Å². The lowest BCUT2D eigenvalue weighted by Crippen LogP contribution is -2.48. The Kier molecular flexibility index (Phi) is 8.70. The highest BCUT2D eigenvalue weighted by molar-refractivity contribution is 6.00. The highest BCUT2D eigenvalue weighted by atomic mass is 16.5. The molecular weight excluding hydrogens is 462 g/mol. The Morgan fingerprint density at radius 3 is 2.30 bits per heavy atom. The van der Waals surface area contributed by atoms with E-state index >= 15 is 0 Å². The average molecular weight is 502 g/mol. The second-order valence-corrected chi connectivity index (χ2v) is 10.0. The molecule has 1 aliphatic rings. The van der Waals surface area contributed by atoms with Crippen LogP contribution in [0.1, 0.15) is 76.6 Å². The molecule has 1 atom stereocenters. The number of fused-ring (bicyclic) bond motifs is 3. The van der Waals surface area contributed by atoms with E-state index in [0.717, 1.165) is 47.6 Å². The molecule has 196 valence electrons. The lowest BCUT2D eigenvalue weighted by molar-refractivity contribution is -0.137. The number of ether oxygens (including phenoxy) is 1. The molecule has 0 aliphatic carbocycles. The molecule has 0 saturated carbocycles. The third-order valence-corrected chi connectivity index (χ3v) is 7.16. The molecule has 0 N–H and O–H groups in total. The third-order valence-electron chi connectivity index (χ3n) is 7.16. The minimum absolute atomic E-state index is 0.0488. The first-order valence-electron chi connectivity index (χ1n) is 13.5. The first-order valence-corrected chi connectivity index (χ1v) is 13.5. The topological polar surface area (TPSA) is 54.8 Å². The molecule has 1 aliphatic heterocycles. The van der Waals surface area contributed by atoms with Crippen LogP contribution in [0.4, 0.5) is 5.69 Å². The SMILES string of the molecule is CCCCCCCC(=O)N(CC(=O)N1c2ccccc2-n2cccc2C1c1ccc(OC)cc1)C(C)C. The van der Waals surface area contributed by atoms with Gasteiger partial charge < -0.3 is 14.2 Å². The van der Waals surface area contributed by atoms with E-state index in [-0.39, 0.29) is 30.4 Å². The average Bonchev–Trinajstić information content (AvgIpc) is 3.40. The second kappa shape index (κ2) is 12.1. The Hall–Kier alpha value is -3.54. The molecule has 2 aromatic carbocycles. The molecule has 1 unspecified atom stereocenters. The number of hydrogen-bond donors (Lipinski definition) is 0. The summed E-state index contributed by atoms with van der Waals surface area (Å²) in [7, 11) is 1.65. The van der Waals surface area contributed by atoms with Gasteiger partial charge in [-0.2, -0.15) is 0 Å². The molecule has 2 heterocycles. The predicted molar refractivity (Wildman–Crippen MR) is 148 cm³/mol. The third kappa shape index (κ3) is 5.74. The number of amides is 2. The van der Waals surface area contributed by atoms with E-state index in [9.17, 15) is 9.59 Å². The second-order valence-electron chi connectivity index (χ2n) is 10.0. The van der Waals surface area contributed by atoms with E-state index in [0.29, 0.717) is 6.42 Å². The van der Waals surface area contributed by atoms with Gasteiger partial charge in [0, 0.05) is 18.7 Å². The summed E-state index contributed by atoms with van der Waals surface area (Å²) in [6.45, 7) is 6.20. The zero-order valence-corrected chi connectivity index (χ0v) is 22.5. The quantitative estimate of drug-likeness (QED) is 0.281. The van der Waals surface area contributed by atoms with Crippen molar-refractivity contribution < 1.29 is 14.3 Å². The van der Waals surface area contributed by atoms with Crippen LogP contribution < -0.4 is 9.64 Å². The van der Waals surface area contributed by atoms with E-state index in [2.05, 4.69) is 17.6 Å². The van der Waals surface area contributed by atoms with Crippen LogP contribution in [0.2, 0.25) is 0 Å². The molecule has 6 nitrogen and oxygen atoms in total. The number of carbonyl (C=O) groups is 2. The first-order chi connectivity index (χ1) is 18.0. The van der Waals surface area contributed by atoms with Gasteiger partial charge >= 0.3 is 0 Å². The number of anilines is 1. The number of methoxy groups -OCH3 is 1. The van der Waals surface area contributed by atoms with Crippen LogP contribution in [0, 0.1) is 0 Å². The van der Waals surface area contributed by atoms with Crippen molar-refractivity contribution in [1.29, 1.82) is 0 Å². The normalized spacial score (nSPS) is 14.3. The zero-order valence-electron chi connectivity index (χ0n) is 22.5. The van der Waals surface area contributed by atoms with Crippen LogP contribution in [-0.4, -0.2) is 41.0 Å². The zero-order chi connectivity index (χ0) is 26.4. The minimum atomic E-state index is -0.318. The van der Waals surface area contributed by atoms with E-state index in [1.54, 1.807) is 12.0 Å². The maximum Gasteiger partial charge on any atom is 0.247 e. The first kappa shape index (κ1) is 26.5. The Bertz CT molecular complexity index is 1200. The summed E-state index contributed by atoms with van der Waals surface area (Å²) in [5.74, 6) is 0.729. The van der Waals surface area contributed by atoms with Crippen molar-refractivity contribution in [2.45, 2.75) is 71.4 Å². The predicted octanol–water partition coefficient (Wildman–Crippen LogP) is 6.52. The number of unbranched alkanes of at least 4 members (excludes halogenated alkanes) is 4. The van der Waals surface area contributed by atoms with Gasteiger partial charge in [0.05, 0.1) is 24.2 Å². The summed E-state index contributed by atoms with van der Waals surface area (Å²) in [6, 6.07) is 19.5. The molecule has 6 heteroatoms. The van der Waals surface area contributed by atoms with Crippen LogP contribution in [-0.2, 0) is 9.59 Å². The van der Waals surface area contributed by atoms with Crippen LogP contribution in [0.15, 0.2) is 66.9 Å². The van der Waals surface area contributed by atoms with Gasteiger partial charge in [-0.05, 0) is 62.2 Å². The van der Waals surface area contributed by atoms with Gasteiger partial charge in [-0.1, -0.05) is 56.9 Å². The monoisotopic (exact) mass is 501 g/mol. The fourth-order valence-electron chi connectivity index (χ4n) is 5.17. The fraction of sp³-hybridized carbons (Fsp3) is 0.419. The molecule has 0 bridgehead atoms. The highest BCUT2D eigenvalue weighted by Gasteiger charge is 2.37. The summed E-state index contributed by atoms with van der Waals surface area (Å²) < 4.78 is 7.52. The van der Waals surface area contributed by atoms with Gasteiger partial charge in [0.25, 0.3) is 0 Å². The number of hydrogen-bond acceptors (Lipinski definition) is 3. The van der Waals surface area contributed by atoms with Crippen molar-refractivity contribution in [3.63, 3.8) is 0 Å². The molecule has 0 fully saturated rings. The van der Waals surface area contributed by atoms with E-state index < -0.39 is 0 Å². The van der Waals surface area contributed by atoms with Crippen LogP contribution in [0.3, 0.4) is 0 Å². The van der Waals surface area contributed by atoms with E-state index in [4.69, 9.17) is 4.74 Å². The van der Waals surface area contributed by atoms with Crippen LogP contribution >= 0.6 is 0 Å². The summed E-state index contributed by atoms with van der Waals surface area (Å²) in [5, 5.41) is 0. The number of benzene rings is 2. The number of nitrogens with zero attached hydrogens (tertiary/aromatic N) is 3. The van der Waals surface area contributed by atoms with Gasteiger partial charge in [0.2, 0.25) is 11.8 Å². The molecule has 0 saturated heterocycles. The summed E-state index contributed by atoms with van der Waals surface area (Å²) in [5.41, 5.74) is 3.80. The van der Waals surface area contributed by atoms with Crippen molar-refractivity contribution in [3.8, 4) is 11.4 Å². The molecule has 3 aromatic rings. The van der Waals surface area contributed by atoms with Gasteiger partial charge in [-0.3, -0.25) is 14.5 Å². The Labute approximate surface area is 220 Å². The summed E-state index contributed by atoms with van der Waals surface area (Å²) in [6.07, 6.45) is 7.96. The van der Waals surface area contributed by atoms with E-state index in [1.807, 2.05) is 79.5 Å². The summed E-state index contributed by atoms with van der Waals surface area (Å²) >= 11 is 0. The molecule has 0 spiro atoms. The molecule has 4 rings (SSSR count). The maximum atomic E-state index is 14.1. The van der Waals surface area contributed by atoms with Gasteiger partial charge in [-0.25, -0.2) is 0 Å². The number of rotatable bonds is 11. The molecule has 0 radical (unpaired) electrons. The fourth-order valence-corrected chi connectivity index (χ4v) is 5.17. The Morgan fingerprint density at radius 1 is 0.919 bits per heavy atom. The van der Waals surface area contributed by atoms with Gasteiger partial charge in [0.1, 0.15) is 18.3 Å². The van der Waals surface area contributed by atoms with Gasteiger partial charge in [-0.15, -0.1) is 0 Å². The van der Waals surface area contributed by atoms with Crippen molar-refractivity contribution in [3.05, 3.63) is 78.1 Å². The van der Waals surface area contributed by atoms with Crippen LogP contribution in [0.5, 0.6) is 5.75 Å². The maximum absolute atomic E-state index is 14.1. The lowest BCUT2D eigenvalue weighted by Gasteiger charge is -2.40.